The third-order valence-electron chi connectivity index (χ3n) is 3.49. The third kappa shape index (κ3) is 3.58. The predicted molar refractivity (Wildman–Crippen MR) is 84.9 cm³/mol. The van der Waals surface area contributed by atoms with Gasteiger partial charge < -0.3 is 10.6 Å². The molecule has 0 amide bonds. The van der Waals surface area contributed by atoms with Crippen molar-refractivity contribution in [3.8, 4) is 0 Å². The Morgan fingerprint density at radius 3 is 2.55 bits per heavy atom. The van der Waals surface area contributed by atoms with Crippen LogP contribution in [-0.4, -0.2) is 18.1 Å². The first-order chi connectivity index (χ1) is 9.74. The van der Waals surface area contributed by atoms with Crippen molar-refractivity contribution in [2.24, 2.45) is 5.73 Å². The third-order valence-corrected chi connectivity index (χ3v) is 3.49. The van der Waals surface area contributed by atoms with Crippen molar-refractivity contribution < 1.29 is 0 Å². The fourth-order valence-corrected chi connectivity index (χ4v) is 2.45. The molecule has 0 aliphatic carbocycles. The number of hydrogen-bond donors (Lipinski definition) is 1. The van der Waals surface area contributed by atoms with Crippen molar-refractivity contribution in [3.05, 3.63) is 59.4 Å². The van der Waals surface area contributed by atoms with E-state index in [1.54, 1.807) is 0 Å². The van der Waals surface area contributed by atoms with E-state index >= 15 is 0 Å². The van der Waals surface area contributed by atoms with Crippen LogP contribution in [0.5, 0.6) is 0 Å². The van der Waals surface area contributed by atoms with Gasteiger partial charge in [-0.15, -0.1) is 0 Å². The van der Waals surface area contributed by atoms with Gasteiger partial charge >= 0.3 is 0 Å². The van der Waals surface area contributed by atoms with Gasteiger partial charge in [0.1, 0.15) is 0 Å². The summed E-state index contributed by atoms with van der Waals surface area (Å²) in [6, 6.07) is 10.8. The summed E-state index contributed by atoms with van der Waals surface area (Å²) in [5.74, 6) is 0. The molecule has 2 N–H and O–H groups in total. The Morgan fingerprint density at radius 1 is 1.15 bits per heavy atom. The maximum absolute atomic E-state index is 5.75. The number of aromatic nitrogens is 1. The second kappa shape index (κ2) is 7.06. The molecule has 2 rings (SSSR count). The molecule has 0 fully saturated rings. The largest absolute Gasteiger partial charge is 0.367 e. The molecule has 0 radical (unpaired) electrons. The highest BCUT2D eigenvalue weighted by atomic mass is 15.1. The van der Waals surface area contributed by atoms with Crippen LogP contribution in [0.15, 0.2) is 42.7 Å². The minimum absolute atomic E-state index is 0.684. The Hall–Kier alpha value is -1.87. The van der Waals surface area contributed by atoms with Gasteiger partial charge in [0.25, 0.3) is 0 Å². The molecule has 1 heterocycles. The lowest BCUT2D eigenvalue weighted by atomic mass is 10.0. The van der Waals surface area contributed by atoms with Gasteiger partial charge in [0, 0.05) is 31.2 Å². The Kier molecular flexibility index (Phi) is 5.13. The molecular formula is C17H23N3. The van der Waals surface area contributed by atoms with Crippen LogP contribution in [0.1, 0.15) is 23.6 Å². The van der Waals surface area contributed by atoms with E-state index in [2.05, 4.69) is 54.1 Å². The number of hydrogen-bond acceptors (Lipinski definition) is 3. The fraction of sp³-hybridized carbons (Fsp3) is 0.353. The second-order valence-corrected chi connectivity index (χ2v) is 5.04. The Morgan fingerprint density at radius 2 is 1.90 bits per heavy atom. The van der Waals surface area contributed by atoms with Gasteiger partial charge in [-0.3, -0.25) is 4.98 Å². The van der Waals surface area contributed by atoms with Crippen molar-refractivity contribution in [3.63, 3.8) is 0 Å². The molecule has 3 nitrogen and oxygen atoms in total. The Labute approximate surface area is 121 Å². The highest BCUT2D eigenvalue weighted by molar-refractivity contribution is 5.55. The molecule has 0 spiro atoms. The number of rotatable bonds is 6. The Bertz CT molecular complexity index is 537. The second-order valence-electron chi connectivity index (χ2n) is 5.04. The van der Waals surface area contributed by atoms with E-state index in [0.29, 0.717) is 6.54 Å². The summed E-state index contributed by atoms with van der Waals surface area (Å²) in [7, 11) is 0. The van der Waals surface area contributed by atoms with Crippen LogP contribution in [0.25, 0.3) is 0 Å². The number of nitrogens with zero attached hydrogens (tertiary/aromatic N) is 2. The van der Waals surface area contributed by atoms with Gasteiger partial charge in [-0.2, -0.15) is 0 Å². The molecule has 1 aromatic heterocycles. The summed E-state index contributed by atoms with van der Waals surface area (Å²) in [6.45, 7) is 6.88. The summed E-state index contributed by atoms with van der Waals surface area (Å²) < 4.78 is 0. The number of benzene rings is 1. The summed E-state index contributed by atoms with van der Waals surface area (Å²) >= 11 is 0. The van der Waals surface area contributed by atoms with Crippen molar-refractivity contribution in [1.82, 2.24) is 4.98 Å². The standard InChI is InChI=1S/C17H23N3/c1-3-20(13-15-7-10-19-11-8-15)17-5-4-14(2)12-16(17)6-9-18/h4-5,7-8,10-12H,3,6,9,13,18H2,1-2H3. The van der Waals surface area contributed by atoms with Crippen LogP contribution < -0.4 is 10.6 Å². The molecule has 1 aromatic carbocycles. The topological polar surface area (TPSA) is 42.2 Å². The lowest BCUT2D eigenvalue weighted by molar-refractivity contribution is 0.816. The number of pyridine rings is 1. The van der Waals surface area contributed by atoms with E-state index in [-0.39, 0.29) is 0 Å². The molecule has 0 bridgehead atoms. The minimum atomic E-state index is 0.684. The van der Waals surface area contributed by atoms with Crippen molar-refractivity contribution in [2.45, 2.75) is 26.8 Å². The van der Waals surface area contributed by atoms with Gasteiger partial charge in [-0.05, 0) is 56.1 Å². The monoisotopic (exact) mass is 269 g/mol. The van der Waals surface area contributed by atoms with Crippen LogP contribution >= 0.6 is 0 Å². The maximum Gasteiger partial charge on any atom is 0.0430 e. The molecule has 0 aliphatic rings. The predicted octanol–water partition coefficient (Wildman–Crippen LogP) is 2.92. The minimum Gasteiger partial charge on any atom is -0.367 e. The smallest absolute Gasteiger partial charge is 0.0430 e. The van der Waals surface area contributed by atoms with E-state index in [1.807, 2.05) is 12.4 Å². The van der Waals surface area contributed by atoms with Gasteiger partial charge in [-0.25, -0.2) is 0 Å². The van der Waals surface area contributed by atoms with Crippen LogP contribution in [0.2, 0.25) is 0 Å². The molecule has 106 valence electrons. The van der Waals surface area contributed by atoms with Crippen LogP contribution in [0, 0.1) is 6.92 Å². The summed E-state index contributed by atoms with van der Waals surface area (Å²) in [6.07, 6.45) is 4.61. The van der Waals surface area contributed by atoms with Crippen molar-refractivity contribution in [1.29, 1.82) is 0 Å². The number of anilines is 1. The molecule has 0 saturated heterocycles. The average Bonchev–Trinajstić information content (AvgIpc) is 2.47. The molecule has 0 aliphatic heterocycles. The normalized spacial score (nSPS) is 10.6. The van der Waals surface area contributed by atoms with E-state index in [0.717, 1.165) is 19.5 Å². The van der Waals surface area contributed by atoms with E-state index in [9.17, 15) is 0 Å². The first kappa shape index (κ1) is 14.5. The average molecular weight is 269 g/mol. The highest BCUT2D eigenvalue weighted by Gasteiger charge is 2.10. The number of aryl methyl sites for hydroxylation is 1. The zero-order valence-electron chi connectivity index (χ0n) is 12.3. The van der Waals surface area contributed by atoms with E-state index in [1.165, 1.54) is 22.4 Å². The quantitative estimate of drug-likeness (QED) is 0.876. The van der Waals surface area contributed by atoms with Crippen LogP contribution in [0.4, 0.5) is 5.69 Å². The van der Waals surface area contributed by atoms with Crippen LogP contribution in [-0.2, 0) is 13.0 Å². The highest BCUT2D eigenvalue weighted by Crippen LogP contribution is 2.24. The SMILES string of the molecule is CCN(Cc1ccncc1)c1ccc(C)cc1CCN. The van der Waals surface area contributed by atoms with Crippen molar-refractivity contribution in [2.75, 3.05) is 18.0 Å². The molecular weight excluding hydrogens is 246 g/mol. The zero-order chi connectivity index (χ0) is 14.4. The lowest BCUT2D eigenvalue weighted by Gasteiger charge is -2.26. The van der Waals surface area contributed by atoms with Gasteiger partial charge in [-0.1, -0.05) is 17.7 Å². The lowest BCUT2D eigenvalue weighted by Crippen LogP contribution is -2.24. The molecule has 3 heteroatoms. The van der Waals surface area contributed by atoms with Crippen molar-refractivity contribution >= 4 is 5.69 Å². The summed E-state index contributed by atoms with van der Waals surface area (Å²) in [5, 5.41) is 0. The molecule has 0 atom stereocenters. The van der Waals surface area contributed by atoms with Crippen LogP contribution in [0.3, 0.4) is 0 Å². The molecule has 0 unspecified atom stereocenters. The first-order valence-electron chi connectivity index (χ1n) is 7.18. The fourth-order valence-electron chi connectivity index (χ4n) is 2.45. The zero-order valence-corrected chi connectivity index (χ0v) is 12.3. The van der Waals surface area contributed by atoms with Gasteiger partial charge in [0.05, 0.1) is 0 Å². The van der Waals surface area contributed by atoms with Gasteiger partial charge in [0.15, 0.2) is 0 Å². The summed E-state index contributed by atoms with van der Waals surface area (Å²) in [5.41, 5.74) is 10.9. The molecule has 2 aromatic rings. The van der Waals surface area contributed by atoms with Gasteiger partial charge in [0.2, 0.25) is 0 Å². The summed E-state index contributed by atoms with van der Waals surface area (Å²) in [4.78, 5) is 6.46. The maximum atomic E-state index is 5.75. The number of nitrogens with two attached hydrogens (primary N) is 1. The first-order valence-corrected chi connectivity index (χ1v) is 7.18. The Balaban J connectivity index is 2.27. The molecule has 0 saturated carbocycles. The van der Waals surface area contributed by atoms with E-state index in [4.69, 9.17) is 5.73 Å². The van der Waals surface area contributed by atoms with E-state index < -0.39 is 0 Å². The molecule has 20 heavy (non-hydrogen) atoms.